The maximum atomic E-state index is 12.2. The summed E-state index contributed by atoms with van der Waals surface area (Å²) >= 11 is 0. The zero-order valence-electron chi connectivity index (χ0n) is 15.4. The van der Waals surface area contributed by atoms with Crippen LogP contribution in [0, 0.1) is 5.92 Å². The van der Waals surface area contributed by atoms with Gasteiger partial charge in [0.05, 0.1) is 5.92 Å². The van der Waals surface area contributed by atoms with E-state index in [4.69, 9.17) is 5.21 Å². The van der Waals surface area contributed by atoms with Gasteiger partial charge in [0.25, 0.3) is 5.91 Å². The van der Waals surface area contributed by atoms with Crippen LogP contribution in [0.15, 0.2) is 54.6 Å². The molecular weight excluding hydrogens is 340 g/mol. The topological polar surface area (TPSA) is 78.4 Å². The molecule has 142 valence electrons. The fourth-order valence-corrected chi connectivity index (χ4v) is 3.82. The second-order valence-electron chi connectivity index (χ2n) is 7.18. The van der Waals surface area contributed by atoms with Crippen molar-refractivity contribution in [1.29, 1.82) is 0 Å². The molecule has 0 heterocycles. The first kappa shape index (κ1) is 19.1. The lowest BCUT2D eigenvalue weighted by molar-refractivity contribution is -0.129. The monoisotopic (exact) mass is 366 g/mol. The molecule has 0 saturated heterocycles. The van der Waals surface area contributed by atoms with Crippen molar-refractivity contribution in [2.24, 2.45) is 5.92 Å². The molecule has 0 aliphatic heterocycles. The Morgan fingerprint density at radius 2 is 1.59 bits per heavy atom. The smallest absolute Gasteiger partial charge is 0.255 e. The predicted molar refractivity (Wildman–Crippen MR) is 104 cm³/mol. The first-order chi connectivity index (χ1) is 13.2. The first-order valence-corrected chi connectivity index (χ1v) is 9.56. The van der Waals surface area contributed by atoms with E-state index in [0.717, 1.165) is 17.5 Å². The normalized spacial score (nSPS) is 15.3. The molecular formula is C22H26N2O3. The Morgan fingerprint density at radius 1 is 0.963 bits per heavy atom. The van der Waals surface area contributed by atoms with Crippen LogP contribution in [0.25, 0.3) is 0 Å². The highest BCUT2D eigenvalue weighted by Crippen LogP contribution is 2.29. The minimum Gasteiger partial charge on any atom is -0.326 e. The van der Waals surface area contributed by atoms with Gasteiger partial charge in [-0.15, -0.1) is 0 Å². The van der Waals surface area contributed by atoms with Crippen molar-refractivity contribution in [3.05, 3.63) is 65.7 Å². The molecule has 0 radical (unpaired) electrons. The largest absolute Gasteiger partial charge is 0.326 e. The van der Waals surface area contributed by atoms with Crippen LogP contribution in [0.2, 0.25) is 0 Å². The zero-order chi connectivity index (χ0) is 19.1. The summed E-state index contributed by atoms with van der Waals surface area (Å²) in [7, 11) is 0. The molecule has 0 spiro atoms. The lowest BCUT2D eigenvalue weighted by atomic mass is 9.90. The molecule has 5 heteroatoms. The summed E-state index contributed by atoms with van der Waals surface area (Å²) in [5.41, 5.74) is 3.99. The summed E-state index contributed by atoms with van der Waals surface area (Å²) in [6.07, 6.45) is 6.57. The lowest BCUT2D eigenvalue weighted by Gasteiger charge is -2.16. The highest BCUT2D eigenvalue weighted by atomic mass is 16.5. The van der Waals surface area contributed by atoms with E-state index in [-0.39, 0.29) is 5.91 Å². The summed E-state index contributed by atoms with van der Waals surface area (Å²) in [5.74, 6) is -0.373. The zero-order valence-corrected chi connectivity index (χ0v) is 15.4. The second-order valence-corrected chi connectivity index (χ2v) is 7.18. The number of hydrogen-bond acceptors (Lipinski definition) is 3. The van der Waals surface area contributed by atoms with Crippen LogP contribution in [-0.2, 0) is 9.59 Å². The van der Waals surface area contributed by atoms with Crippen LogP contribution < -0.4 is 10.8 Å². The Morgan fingerprint density at radius 3 is 2.22 bits per heavy atom. The van der Waals surface area contributed by atoms with Gasteiger partial charge in [-0.05, 0) is 35.6 Å². The van der Waals surface area contributed by atoms with Gasteiger partial charge in [0.1, 0.15) is 0 Å². The Balaban J connectivity index is 1.64. The number of carbonyl (C=O) groups is 2. The molecule has 5 nitrogen and oxygen atoms in total. The van der Waals surface area contributed by atoms with Gasteiger partial charge in [-0.2, -0.15) is 0 Å². The second kappa shape index (κ2) is 9.33. The van der Waals surface area contributed by atoms with Crippen LogP contribution in [-0.4, -0.2) is 17.0 Å². The molecule has 2 aromatic carbocycles. The summed E-state index contributed by atoms with van der Waals surface area (Å²) < 4.78 is 0. The number of nitrogens with one attached hydrogen (secondary N) is 2. The molecule has 3 N–H and O–H groups in total. The summed E-state index contributed by atoms with van der Waals surface area (Å²) in [5, 5.41) is 12.0. The fraction of sp³-hybridized carbons (Fsp3) is 0.364. The van der Waals surface area contributed by atoms with Crippen LogP contribution >= 0.6 is 0 Å². The summed E-state index contributed by atoms with van der Waals surface area (Å²) in [4.78, 5) is 24.3. The van der Waals surface area contributed by atoms with Gasteiger partial charge in [-0.25, -0.2) is 5.48 Å². The molecule has 2 amide bonds. The highest BCUT2D eigenvalue weighted by Gasteiger charge is 2.22. The molecule has 0 bridgehead atoms. The van der Waals surface area contributed by atoms with Crippen LogP contribution in [0.5, 0.6) is 0 Å². The van der Waals surface area contributed by atoms with Gasteiger partial charge >= 0.3 is 0 Å². The molecule has 1 aliphatic rings. The molecule has 0 aromatic heterocycles. The maximum Gasteiger partial charge on any atom is 0.255 e. The van der Waals surface area contributed by atoms with Gasteiger partial charge < -0.3 is 5.32 Å². The number of hydroxylamine groups is 1. The average Bonchev–Trinajstić information content (AvgIpc) is 3.22. The van der Waals surface area contributed by atoms with E-state index < -0.39 is 11.8 Å². The van der Waals surface area contributed by atoms with Crippen LogP contribution in [0.4, 0.5) is 5.69 Å². The van der Waals surface area contributed by atoms with E-state index in [2.05, 4.69) is 5.32 Å². The third kappa shape index (κ3) is 5.17. The molecule has 1 fully saturated rings. The van der Waals surface area contributed by atoms with Crippen molar-refractivity contribution < 1.29 is 14.8 Å². The molecule has 1 unspecified atom stereocenters. The molecule has 2 aromatic rings. The van der Waals surface area contributed by atoms with Crippen molar-refractivity contribution in [2.75, 3.05) is 5.32 Å². The maximum absolute atomic E-state index is 12.2. The number of rotatable bonds is 7. The van der Waals surface area contributed by atoms with Gasteiger partial charge in [0, 0.05) is 12.1 Å². The average molecular weight is 366 g/mol. The third-order valence-electron chi connectivity index (χ3n) is 5.29. The minimum atomic E-state index is -0.608. The summed E-state index contributed by atoms with van der Waals surface area (Å²) in [6.45, 7) is 0. The SMILES string of the molecule is O=C(CCC1CCCC1)Nc1ccc(C(C(=O)NO)c2ccccc2)cc1. The van der Waals surface area contributed by atoms with E-state index in [9.17, 15) is 9.59 Å². The predicted octanol–water partition coefficient (Wildman–Crippen LogP) is 4.23. The molecule has 27 heavy (non-hydrogen) atoms. The lowest BCUT2D eigenvalue weighted by Crippen LogP contribution is -2.27. The molecule has 1 atom stereocenters. The number of benzene rings is 2. The van der Waals surface area contributed by atoms with Gasteiger partial charge in [0.2, 0.25) is 5.91 Å². The van der Waals surface area contributed by atoms with E-state index in [1.807, 2.05) is 30.3 Å². The first-order valence-electron chi connectivity index (χ1n) is 9.56. The van der Waals surface area contributed by atoms with Crippen molar-refractivity contribution >= 4 is 17.5 Å². The molecule has 1 saturated carbocycles. The number of carbonyl (C=O) groups excluding carboxylic acids is 2. The molecule has 1 aliphatic carbocycles. The Hall–Kier alpha value is -2.66. The van der Waals surface area contributed by atoms with Gasteiger partial charge in [-0.1, -0.05) is 68.1 Å². The van der Waals surface area contributed by atoms with Crippen molar-refractivity contribution in [1.82, 2.24) is 5.48 Å². The van der Waals surface area contributed by atoms with E-state index in [0.29, 0.717) is 18.0 Å². The van der Waals surface area contributed by atoms with Gasteiger partial charge in [0.15, 0.2) is 0 Å². The highest BCUT2D eigenvalue weighted by molar-refractivity contribution is 5.91. The summed E-state index contributed by atoms with van der Waals surface area (Å²) in [6, 6.07) is 16.5. The third-order valence-corrected chi connectivity index (χ3v) is 5.29. The van der Waals surface area contributed by atoms with E-state index >= 15 is 0 Å². The Labute approximate surface area is 159 Å². The molecule has 3 rings (SSSR count). The quantitative estimate of drug-likeness (QED) is 0.507. The Bertz CT molecular complexity index is 753. The van der Waals surface area contributed by atoms with Gasteiger partial charge in [-0.3, -0.25) is 14.8 Å². The van der Waals surface area contributed by atoms with Crippen molar-refractivity contribution in [3.63, 3.8) is 0 Å². The van der Waals surface area contributed by atoms with Crippen LogP contribution in [0.3, 0.4) is 0 Å². The Kier molecular flexibility index (Phi) is 6.60. The standard InChI is InChI=1S/C22H26N2O3/c25-20(15-10-16-6-4-5-7-16)23-19-13-11-18(12-14-19)21(22(26)24-27)17-8-2-1-3-9-17/h1-3,8-9,11-14,16,21,27H,4-7,10,15H2,(H,23,25)(H,24,26). The number of anilines is 1. The van der Waals surface area contributed by atoms with Crippen LogP contribution in [0.1, 0.15) is 55.6 Å². The van der Waals surface area contributed by atoms with Crippen molar-refractivity contribution in [2.45, 2.75) is 44.4 Å². The number of amides is 2. The van der Waals surface area contributed by atoms with Crippen molar-refractivity contribution in [3.8, 4) is 0 Å². The number of hydrogen-bond donors (Lipinski definition) is 3. The minimum absolute atomic E-state index is 0.0300. The van der Waals surface area contributed by atoms with E-state index in [1.54, 1.807) is 29.7 Å². The fourth-order valence-electron chi connectivity index (χ4n) is 3.82. The van der Waals surface area contributed by atoms with E-state index in [1.165, 1.54) is 25.7 Å².